The van der Waals surface area contributed by atoms with Crippen molar-refractivity contribution >= 4 is 39.1 Å². The number of alkyl halides is 1. The smallest absolute Gasteiger partial charge is 0.234 e. The van der Waals surface area contributed by atoms with Crippen LogP contribution in [-0.2, 0) is 10.2 Å². The van der Waals surface area contributed by atoms with E-state index in [1.807, 2.05) is 56.3 Å². The Kier molecular flexibility index (Phi) is 3.58. The number of hydrogen-bond donors (Lipinski definition) is 1. The van der Waals surface area contributed by atoms with Crippen LogP contribution in [0.5, 0.6) is 0 Å². The zero-order chi connectivity index (χ0) is 15.2. The van der Waals surface area contributed by atoms with Crippen molar-refractivity contribution < 1.29 is 4.79 Å². The molecule has 0 aromatic heterocycles. The number of amides is 1. The van der Waals surface area contributed by atoms with Crippen LogP contribution >= 0.6 is 27.5 Å². The third kappa shape index (κ3) is 2.49. The van der Waals surface area contributed by atoms with E-state index >= 15 is 0 Å². The summed E-state index contributed by atoms with van der Waals surface area (Å²) in [7, 11) is 0. The molecule has 2 aromatic carbocycles. The van der Waals surface area contributed by atoms with Gasteiger partial charge in [0.2, 0.25) is 5.91 Å². The molecular weight excluding hydrogens is 350 g/mol. The molecule has 0 fully saturated rings. The lowest BCUT2D eigenvalue weighted by Crippen LogP contribution is -2.26. The maximum atomic E-state index is 12.0. The number of fused-ring (bicyclic) bond motifs is 1. The average molecular weight is 365 g/mol. The summed E-state index contributed by atoms with van der Waals surface area (Å²) in [5.74, 6) is 0.0319. The molecule has 4 heteroatoms. The minimum Gasteiger partial charge on any atom is -0.325 e. The van der Waals surface area contributed by atoms with Crippen LogP contribution in [0, 0.1) is 0 Å². The second-order valence-electron chi connectivity index (χ2n) is 5.80. The number of benzene rings is 2. The molecule has 3 rings (SSSR count). The molecule has 1 unspecified atom stereocenters. The van der Waals surface area contributed by atoms with Crippen molar-refractivity contribution in [1.82, 2.24) is 0 Å². The van der Waals surface area contributed by atoms with Crippen LogP contribution in [0.4, 0.5) is 5.69 Å². The van der Waals surface area contributed by atoms with Gasteiger partial charge in [-0.05, 0) is 48.7 Å². The van der Waals surface area contributed by atoms with Crippen molar-refractivity contribution in [1.29, 1.82) is 0 Å². The Balaban J connectivity index is 2.00. The average Bonchev–Trinajstić information content (AvgIpc) is 2.69. The van der Waals surface area contributed by atoms with Gasteiger partial charge in [-0.1, -0.05) is 40.2 Å². The summed E-state index contributed by atoms with van der Waals surface area (Å²) in [5, 5.41) is 2.69. The van der Waals surface area contributed by atoms with Crippen molar-refractivity contribution in [2.45, 2.75) is 24.6 Å². The van der Waals surface area contributed by atoms with E-state index in [1.165, 1.54) is 0 Å². The van der Waals surface area contributed by atoms with E-state index in [2.05, 4.69) is 21.2 Å². The number of rotatable bonds is 2. The molecule has 1 N–H and O–H groups in total. The van der Waals surface area contributed by atoms with Gasteiger partial charge < -0.3 is 5.32 Å². The van der Waals surface area contributed by atoms with Crippen molar-refractivity contribution in [2.75, 3.05) is 5.32 Å². The highest BCUT2D eigenvalue weighted by Gasteiger charge is 2.38. The lowest BCUT2D eigenvalue weighted by atomic mass is 9.85. The molecule has 0 saturated heterocycles. The van der Waals surface area contributed by atoms with Gasteiger partial charge in [-0.3, -0.25) is 4.79 Å². The maximum absolute atomic E-state index is 12.0. The van der Waals surface area contributed by atoms with E-state index in [0.29, 0.717) is 0 Å². The molecule has 0 bridgehead atoms. The number of anilines is 1. The Morgan fingerprint density at radius 3 is 2.38 bits per heavy atom. The van der Waals surface area contributed by atoms with Gasteiger partial charge in [0, 0.05) is 10.2 Å². The first kappa shape index (κ1) is 14.6. The summed E-state index contributed by atoms with van der Waals surface area (Å²) in [5.41, 5.74) is 3.42. The van der Waals surface area contributed by atoms with Crippen molar-refractivity contribution in [3.05, 3.63) is 63.6 Å². The van der Waals surface area contributed by atoms with Crippen LogP contribution in [0.2, 0.25) is 0 Å². The zero-order valence-electron chi connectivity index (χ0n) is 11.8. The minimum atomic E-state index is -0.512. The highest BCUT2D eigenvalue weighted by Crippen LogP contribution is 2.40. The standard InChI is InChI=1S/C17H15BrClNO/c1-17(2)13-9-11(5-8-14(13)20-16(17)21)15(19)10-3-6-12(18)7-4-10/h3-9,15H,1-2H3,(H,20,21). The van der Waals surface area contributed by atoms with Gasteiger partial charge >= 0.3 is 0 Å². The van der Waals surface area contributed by atoms with Gasteiger partial charge in [0.05, 0.1) is 10.8 Å². The highest BCUT2D eigenvalue weighted by molar-refractivity contribution is 9.10. The minimum absolute atomic E-state index is 0.0319. The highest BCUT2D eigenvalue weighted by atomic mass is 79.9. The molecule has 0 spiro atoms. The molecule has 2 nitrogen and oxygen atoms in total. The predicted molar refractivity (Wildman–Crippen MR) is 89.9 cm³/mol. The summed E-state index contributed by atoms with van der Waals surface area (Å²) >= 11 is 10.0. The Morgan fingerprint density at radius 1 is 1.10 bits per heavy atom. The predicted octanol–water partition coefficient (Wildman–Crippen LogP) is 5.01. The molecule has 1 aliphatic rings. The number of carbonyl (C=O) groups excluding carboxylic acids is 1. The van der Waals surface area contributed by atoms with E-state index in [1.54, 1.807) is 0 Å². The van der Waals surface area contributed by atoms with Crippen molar-refractivity contribution in [3.63, 3.8) is 0 Å². The molecule has 21 heavy (non-hydrogen) atoms. The fourth-order valence-corrected chi connectivity index (χ4v) is 3.12. The summed E-state index contributed by atoms with van der Waals surface area (Å²) in [6.07, 6.45) is 0. The van der Waals surface area contributed by atoms with Gasteiger partial charge in [0.15, 0.2) is 0 Å². The maximum Gasteiger partial charge on any atom is 0.234 e. The monoisotopic (exact) mass is 363 g/mol. The Hall–Kier alpha value is -1.32. The molecule has 0 aliphatic carbocycles. The fourth-order valence-electron chi connectivity index (χ4n) is 2.57. The molecule has 0 saturated carbocycles. The van der Waals surface area contributed by atoms with Crippen LogP contribution < -0.4 is 5.32 Å². The first-order valence-corrected chi connectivity index (χ1v) is 7.98. The third-order valence-corrected chi connectivity index (χ3v) is 5.02. The SMILES string of the molecule is CC1(C)C(=O)Nc2ccc(C(Cl)c3ccc(Br)cc3)cc21. The molecule has 1 amide bonds. The van der Waals surface area contributed by atoms with Crippen LogP contribution in [0.3, 0.4) is 0 Å². The van der Waals surface area contributed by atoms with Crippen LogP contribution in [0.25, 0.3) is 0 Å². The molecule has 108 valence electrons. The number of hydrogen-bond acceptors (Lipinski definition) is 1. The van der Waals surface area contributed by atoms with Gasteiger partial charge in [0.25, 0.3) is 0 Å². The van der Waals surface area contributed by atoms with E-state index in [0.717, 1.165) is 26.9 Å². The molecule has 2 aromatic rings. The van der Waals surface area contributed by atoms with E-state index in [4.69, 9.17) is 11.6 Å². The number of halogens is 2. The number of nitrogens with one attached hydrogen (secondary N) is 1. The molecule has 1 heterocycles. The normalized spacial score (nSPS) is 17.2. The van der Waals surface area contributed by atoms with Crippen molar-refractivity contribution in [3.8, 4) is 0 Å². The van der Waals surface area contributed by atoms with Gasteiger partial charge in [-0.2, -0.15) is 0 Å². The summed E-state index contributed by atoms with van der Waals surface area (Å²) in [4.78, 5) is 12.0. The van der Waals surface area contributed by atoms with Gasteiger partial charge in [-0.25, -0.2) is 0 Å². The molecule has 1 atom stereocenters. The zero-order valence-corrected chi connectivity index (χ0v) is 14.1. The first-order valence-electron chi connectivity index (χ1n) is 6.75. The van der Waals surface area contributed by atoms with Gasteiger partial charge in [0.1, 0.15) is 0 Å². The second kappa shape index (κ2) is 5.15. The summed E-state index contributed by atoms with van der Waals surface area (Å²) in [6, 6.07) is 13.9. The lowest BCUT2D eigenvalue weighted by Gasteiger charge is -2.17. The lowest BCUT2D eigenvalue weighted by molar-refractivity contribution is -0.119. The van der Waals surface area contributed by atoms with Gasteiger partial charge in [-0.15, -0.1) is 11.6 Å². The first-order chi connectivity index (χ1) is 9.89. The summed E-state index contributed by atoms with van der Waals surface area (Å²) < 4.78 is 1.03. The quantitative estimate of drug-likeness (QED) is 0.746. The van der Waals surface area contributed by atoms with Crippen LogP contribution in [0.15, 0.2) is 46.9 Å². The van der Waals surface area contributed by atoms with E-state index in [-0.39, 0.29) is 11.3 Å². The van der Waals surface area contributed by atoms with Crippen molar-refractivity contribution in [2.24, 2.45) is 0 Å². The van der Waals surface area contributed by atoms with Crippen LogP contribution in [-0.4, -0.2) is 5.91 Å². The third-order valence-electron chi connectivity index (χ3n) is 3.99. The fraction of sp³-hybridized carbons (Fsp3) is 0.235. The topological polar surface area (TPSA) is 29.1 Å². The number of carbonyl (C=O) groups is 1. The largest absolute Gasteiger partial charge is 0.325 e. The Morgan fingerprint density at radius 2 is 1.71 bits per heavy atom. The Labute approximate surface area is 137 Å². The summed E-state index contributed by atoms with van der Waals surface area (Å²) in [6.45, 7) is 3.86. The molecule has 1 aliphatic heterocycles. The van der Waals surface area contributed by atoms with Crippen LogP contribution in [0.1, 0.15) is 35.9 Å². The molecule has 0 radical (unpaired) electrons. The Bertz CT molecular complexity index is 709. The molecular formula is C17H15BrClNO. The van der Waals surface area contributed by atoms with E-state index in [9.17, 15) is 4.79 Å². The van der Waals surface area contributed by atoms with E-state index < -0.39 is 5.41 Å². The second-order valence-corrected chi connectivity index (χ2v) is 7.15.